The minimum Gasteiger partial charge on any atom is -0.497 e. The Hall–Kier alpha value is -5.18. The highest BCUT2D eigenvalue weighted by molar-refractivity contribution is 7.07. The third-order valence-corrected chi connectivity index (χ3v) is 9.90. The minimum absolute atomic E-state index is 0.221. The molecule has 7 nitrogen and oxygen atoms in total. The van der Waals surface area contributed by atoms with Gasteiger partial charge in [0, 0.05) is 39.4 Å². The lowest BCUT2D eigenvalue weighted by Crippen LogP contribution is -2.40. The number of benzene rings is 4. The lowest BCUT2D eigenvalue weighted by molar-refractivity contribution is -0.113. The number of thiazole rings is 1. The first kappa shape index (κ1) is 30.5. The van der Waals surface area contributed by atoms with Crippen molar-refractivity contribution < 1.29 is 9.53 Å². The van der Waals surface area contributed by atoms with Crippen molar-refractivity contribution >= 4 is 51.5 Å². The zero-order chi connectivity index (χ0) is 32.7. The van der Waals surface area contributed by atoms with Crippen LogP contribution in [0.5, 0.6) is 5.75 Å². The summed E-state index contributed by atoms with van der Waals surface area (Å²) >= 11 is 7.87. The molecule has 0 bridgehead atoms. The molecule has 0 radical (unpaired) electrons. The number of nitrogens with one attached hydrogen (secondary N) is 1. The van der Waals surface area contributed by atoms with Crippen LogP contribution < -0.4 is 24.9 Å². The van der Waals surface area contributed by atoms with Gasteiger partial charge in [-0.05, 0) is 67.4 Å². The van der Waals surface area contributed by atoms with Gasteiger partial charge in [-0.2, -0.15) is 0 Å². The lowest BCUT2D eigenvalue weighted by Gasteiger charge is -2.25. The van der Waals surface area contributed by atoms with Gasteiger partial charge in [0.05, 0.1) is 29.0 Å². The summed E-state index contributed by atoms with van der Waals surface area (Å²) in [5, 5.41) is 4.74. The van der Waals surface area contributed by atoms with E-state index in [4.69, 9.17) is 21.3 Å². The number of para-hydroxylation sites is 2. The van der Waals surface area contributed by atoms with Gasteiger partial charge in [-0.1, -0.05) is 89.7 Å². The number of amides is 1. The fraction of sp³-hybridized carbons (Fsp3) is 0.132. The summed E-state index contributed by atoms with van der Waals surface area (Å²) in [5.41, 5.74) is 6.16. The Bertz CT molecular complexity index is 2390. The molecule has 2 aromatic heterocycles. The SMILES string of the molecule is COc1cccc([C@@H]2C(C(=O)Nc3ccccc3)=C(C)N=c3s/c(=C\c4c(C)n(Cc5ccccc5Cl)c5ccccc45)c(=O)n32)c1. The second kappa shape index (κ2) is 12.5. The number of methoxy groups -OCH3 is 1. The van der Waals surface area contributed by atoms with Crippen molar-refractivity contribution in [2.24, 2.45) is 4.99 Å². The highest BCUT2D eigenvalue weighted by atomic mass is 35.5. The van der Waals surface area contributed by atoms with Crippen molar-refractivity contribution in [1.29, 1.82) is 0 Å². The van der Waals surface area contributed by atoms with Gasteiger partial charge in [0.1, 0.15) is 5.75 Å². The first-order valence-corrected chi connectivity index (χ1v) is 16.4. The number of fused-ring (bicyclic) bond motifs is 2. The topological polar surface area (TPSA) is 77.6 Å². The van der Waals surface area contributed by atoms with Gasteiger partial charge >= 0.3 is 0 Å². The first-order chi connectivity index (χ1) is 22.8. The summed E-state index contributed by atoms with van der Waals surface area (Å²) in [5.74, 6) is 0.307. The maximum Gasteiger partial charge on any atom is 0.271 e. The van der Waals surface area contributed by atoms with E-state index in [1.54, 1.807) is 11.7 Å². The largest absolute Gasteiger partial charge is 0.497 e. The molecule has 47 heavy (non-hydrogen) atoms. The van der Waals surface area contributed by atoms with E-state index in [1.165, 1.54) is 11.3 Å². The molecule has 0 saturated heterocycles. The number of nitrogens with zero attached hydrogens (tertiary/aromatic N) is 3. The third kappa shape index (κ3) is 5.60. The van der Waals surface area contributed by atoms with Crippen LogP contribution in [0.2, 0.25) is 5.02 Å². The summed E-state index contributed by atoms with van der Waals surface area (Å²) in [7, 11) is 1.60. The fourth-order valence-corrected chi connectivity index (χ4v) is 7.45. The number of hydrogen-bond donors (Lipinski definition) is 1. The Balaban J connectivity index is 1.40. The molecule has 234 valence electrons. The Morgan fingerprint density at radius 2 is 1.72 bits per heavy atom. The number of anilines is 1. The van der Waals surface area contributed by atoms with E-state index in [2.05, 4.69) is 28.9 Å². The molecule has 6 aromatic rings. The molecule has 1 atom stereocenters. The summed E-state index contributed by atoms with van der Waals surface area (Å²) in [6.45, 7) is 4.47. The van der Waals surface area contributed by atoms with Crippen LogP contribution in [0.15, 0.2) is 124 Å². The van der Waals surface area contributed by atoms with E-state index in [9.17, 15) is 9.59 Å². The van der Waals surface area contributed by atoms with Crippen molar-refractivity contribution in [2.45, 2.75) is 26.4 Å². The van der Waals surface area contributed by atoms with Crippen LogP contribution in [0, 0.1) is 6.92 Å². The molecule has 0 saturated carbocycles. The number of hydrogen-bond acceptors (Lipinski definition) is 5. The quantitative estimate of drug-likeness (QED) is 0.204. The fourth-order valence-electron chi connectivity index (χ4n) is 6.23. The standard InChI is InChI=1S/C38H31ClN4O3S/c1-23-34(36(44)41-27-14-5-4-6-15-27)35(25-13-11-16-28(20-25)46-3)43-37(45)33(47-38(43)40-23)21-30-24(2)42(32-19-10-8-17-29(30)32)22-26-12-7-9-18-31(26)39/h4-21,35H,22H2,1-3H3,(H,41,44)/b33-21-/t35-/m1/s1. The molecule has 0 unspecified atom stereocenters. The monoisotopic (exact) mass is 658 g/mol. The molecule has 0 fully saturated rings. The molecule has 1 amide bonds. The third-order valence-electron chi connectivity index (χ3n) is 8.55. The Labute approximate surface area is 280 Å². The summed E-state index contributed by atoms with van der Waals surface area (Å²) in [4.78, 5) is 33.7. The van der Waals surface area contributed by atoms with Gasteiger partial charge in [0.15, 0.2) is 4.80 Å². The lowest BCUT2D eigenvalue weighted by atomic mass is 9.95. The highest BCUT2D eigenvalue weighted by Gasteiger charge is 2.33. The Morgan fingerprint density at radius 3 is 2.51 bits per heavy atom. The minimum atomic E-state index is -0.713. The maximum absolute atomic E-state index is 14.5. The predicted octanol–water partition coefficient (Wildman–Crippen LogP) is 6.85. The van der Waals surface area contributed by atoms with Crippen LogP contribution >= 0.6 is 22.9 Å². The second-order valence-corrected chi connectivity index (χ2v) is 12.8. The van der Waals surface area contributed by atoms with Gasteiger partial charge in [-0.15, -0.1) is 0 Å². The van der Waals surface area contributed by atoms with Crippen LogP contribution in [0.1, 0.15) is 35.3 Å². The van der Waals surface area contributed by atoms with E-state index in [-0.39, 0.29) is 11.5 Å². The van der Waals surface area contributed by atoms with Crippen molar-refractivity contribution in [3.63, 3.8) is 0 Å². The molecular formula is C38H31ClN4O3S. The average molecular weight is 659 g/mol. The summed E-state index contributed by atoms with van der Waals surface area (Å²) in [6.07, 6.45) is 1.95. The smallest absolute Gasteiger partial charge is 0.271 e. The summed E-state index contributed by atoms with van der Waals surface area (Å²) < 4.78 is 9.92. The van der Waals surface area contributed by atoms with Crippen LogP contribution in [0.4, 0.5) is 5.69 Å². The molecule has 3 heterocycles. The van der Waals surface area contributed by atoms with Gasteiger partial charge < -0.3 is 14.6 Å². The molecule has 4 aromatic carbocycles. The highest BCUT2D eigenvalue weighted by Crippen LogP contribution is 2.33. The van der Waals surface area contributed by atoms with Crippen molar-refractivity contribution in [3.05, 3.63) is 161 Å². The number of carbonyl (C=O) groups is 1. The number of aromatic nitrogens is 2. The van der Waals surface area contributed by atoms with Crippen molar-refractivity contribution in [1.82, 2.24) is 9.13 Å². The van der Waals surface area contributed by atoms with Crippen LogP contribution in [0.3, 0.4) is 0 Å². The molecule has 7 rings (SSSR count). The summed E-state index contributed by atoms with van der Waals surface area (Å²) in [6, 6.07) is 32.0. The normalized spacial score (nSPS) is 14.6. The second-order valence-electron chi connectivity index (χ2n) is 11.4. The van der Waals surface area contributed by atoms with Gasteiger partial charge in [0.25, 0.3) is 11.5 Å². The van der Waals surface area contributed by atoms with Gasteiger partial charge in [-0.25, -0.2) is 4.99 Å². The zero-order valence-electron chi connectivity index (χ0n) is 26.0. The number of halogens is 1. The molecule has 9 heteroatoms. The Morgan fingerprint density at radius 1 is 0.979 bits per heavy atom. The van der Waals surface area contributed by atoms with E-state index < -0.39 is 6.04 Å². The van der Waals surface area contributed by atoms with Crippen LogP contribution in [-0.4, -0.2) is 22.2 Å². The van der Waals surface area contributed by atoms with Crippen molar-refractivity contribution in [2.75, 3.05) is 12.4 Å². The maximum atomic E-state index is 14.5. The molecule has 1 aliphatic rings. The van der Waals surface area contributed by atoms with E-state index in [0.717, 1.165) is 33.3 Å². The predicted molar refractivity (Wildman–Crippen MR) is 189 cm³/mol. The van der Waals surface area contributed by atoms with Crippen molar-refractivity contribution in [3.8, 4) is 5.75 Å². The number of ether oxygens (including phenoxy) is 1. The van der Waals surface area contributed by atoms with Gasteiger partial charge in [0.2, 0.25) is 0 Å². The average Bonchev–Trinajstić information content (AvgIpc) is 3.53. The molecule has 0 spiro atoms. The van der Waals surface area contributed by atoms with Gasteiger partial charge in [-0.3, -0.25) is 14.2 Å². The van der Waals surface area contributed by atoms with Crippen LogP contribution in [0.25, 0.3) is 17.0 Å². The number of carbonyl (C=O) groups excluding carboxylic acids is 1. The first-order valence-electron chi connectivity index (χ1n) is 15.2. The van der Waals surface area contributed by atoms with Crippen LogP contribution in [-0.2, 0) is 11.3 Å². The molecule has 1 N–H and O–H groups in total. The molecular weight excluding hydrogens is 628 g/mol. The zero-order valence-corrected chi connectivity index (χ0v) is 27.6. The molecule has 1 aliphatic heterocycles. The Kier molecular flexibility index (Phi) is 8.14. The number of rotatable bonds is 7. The number of allylic oxidation sites excluding steroid dienone is 1. The van der Waals surface area contributed by atoms with E-state index in [1.807, 2.05) is 104 Å². The van der Waals surface area contributed by atoms with E-state index >= 15 is 0 Å². The van der Waals surface area contributed by atoms with E-state index in [0.29, 0.717) is 43.6 Å². The molecule has 0 aliphatic carbocycles.